The molecule has 3 heterocycles. The van der Waals surface area contributed by atoms with Crippen molar-refractivity contribution < 1.29 is 13.8 Å². The number of aromatic nitrogens is 3. The van der Waals surface area contributed by atoms with Gasteiger partial charge in [-0.15, -0.1) is 0 Å². The molecule has 1 aliphatic heterocycles. The molecular formula is C29H29N7O3S. The molecule has 0 amide bonds. The summed E-state index contributed by atoms with van der Waals surface area (Å²) >= 11 is 0. The van der Waals surface area contributed by atoms with E-state index in [1.165, 1.54) is 7.11 Å². The second-order valence-electron chi connectivity index (χ2n) is 9.14. The molecule has 5 N–H and O–H groups in total. The maximum Gasteiger partial charge on any atom is 0.222 e. The van der Waals surface area contributed by atoms with E-state index in [4.69, 9.17) is 10.5 Å². The first-order valence-electron chi connectivity index (χ1n) is 12.6. The number of aryl methyl sites for hydroxylation is 1. The van der Waals surface area contributed by atoms with Crippen LogP contribution >= 0.6 is 10.8 Å². The van der Waals surface area contributed by atoms with Crippen molar-refractivity contribution in [1.29, 1.82) is 5.26 Å². The van der Waals surface area contributed by atoms with E-state index in [2.05, 4.69) is 26.3 Å². The number of pyridine rings is 1. The summed E-state index contributed by atoms with van der Waals surface area (Å²) in [7, 11) is -2.09. The number of nitrogen functional groups attached to an aromatic ring is 1. The number of nitrogens with one attached hydrogen (secondary N) is 1. The number of nitrogens with two attached hydrogens (primary N) is 1. The Hall–Kier alpha value is -4.63. The third-order valence-corrected chi connectivity index (χ3v) is 8.59. The Kier molecular flexibility index (Phi) is 7.32. The van der Waals surface area contributed by atoms with Crippen LogP contribution in [-0.4, -0.2) is 37.2 Å². The van der Waals surface area contributed by atoms with Gasteiger partial charge in [-0.05, 0) is 43.2 Å². The number of nitriles is 1. The van der Waals surface area contributed by atoms with E-state index in [0.717, 1.165) is 5.56 Å². The second kappa shape index (κ2) is 10.9. The maximum atomic E-state index is 12.1. The summed E-state index contributed by atoms with van der Waals surface area (Å²) in [6.45, 7) is 3.66. The van der Waals surface area contributed by atoms with Crippen LogP contribution in [0.1, 0.15) is 30.2 Å². The van der Waals surface area contributed by atoms with Gasteiger partial charge in [-0.1, -0.05) is 54.1 Å². The van der Waals surface area contributed by atoms with Crippen LogP contribution in [0, 0.1) is 18.3 Å². The fourth-order valence-corrected chi connectivity index (χ4v) is 6.83. The van der Waals surface area contributed by atoms with Crippen molar-refractivity contribution >= 4 is 34.3 Å². The molecule has 0 spiro atoms. The highest BCUT2D eigenvalue weighted by atomic mass is 32.3. The van der Waals surface area contributed by atoms with Crippen LogP contribution in [0.25, 0.3) is 17.2 Å². The van der Waals surface area contributed by atoms with Crippen molar-refractivity contribution in [2.24, 2.45) is 0 Å². The summed E-state index contributed by atoms with van der Waals surface area (Å²) in [5.74, 6) is 0.744. The number of rotatable bonds is 7. The minimum absolute atomic E-state index is 0.0402. The van der Waals surface area contributed by atoms with E-state index >= 15 is 0 Å². The number of ether oxygens (including phenoxy) is 1. The zero-order valence-electron chi connectivity index (χ0n) is 22.2. The van der Waals surface area contributed by atoms with Gasteiger partial charge in [0.2, 0.25) is 11.8 Å². The first kappa shape index (κ1) is 27.0. The van der Waals surface area contributed by atoms with Crippen molar-refractivity contribution in [3.63, 3.8) is 0 Å². The van der Waals surface area contributed by atoms with Gasteiger partial charge in [0.15, 0.2) is 0 Å². The average molecular weight is 556 g/mol. The standard InChI is InChI=1S/C29H29N7O3S/c1-4-24(34-28-23(17-30)18(2)33-29(31)35-28)25-15-20-9-8-12-22(19-13-14-32-26(16-19)39-3)27(20)40(37,38)36(25)21-10-6-5-7-11-21/h5-16,24,37-38H,4H2,1-3H3,(H3,31,33,34,35)/t24-/m0/s1. The van der Waals surface area contributed by atoms with Crippen molar-refractivity contribution in [2.45, 2.75) is 31.2 Å². The van der Waals surface area contributed by atoms with Crippen LogP contribution in [0.4, 0.5) is 17.5 Å². The van der Waals surface area contributed by atoms with E-state index in [1.54, 1.807) is 29.6 Å². The molecule has 0 saturated carbocycles. The van der Waals surface area contributed by atoms with Crippen molar-refractivity contribution in [2.75, 3.05) is 22.5 Å². The summed E-state index contributed by atoms with van der Waals surface area (Å²) < 4.78 is 31.1. The van der Waals surface area contributed by atoms with Crippen LogP contribution < -0.4 is 20.1 Å². The molecular weight excluding hydrogens is 526 g/mol. The zero-order valence-corrected chi connectivity index (χ0v) is 23.1. The number of hydrogen-bond acceptors (Lipinski definition) is 10. The number of methoxy groups -OCH3 is 1. The summed E-state index contributed by atoms with van der Waals surface area (Å²) in [6.07, 6.45) is 4.10. The van der Waals surface area contributed by atoms with Crippen LogP contribution in [0.15, 0.2) is 77.5 Å². The number of nitrogens with zero attached hydrogens (tertiary/aromatic N) is 5. The monoisotopic (exact) mass is 555 g/mol. The highest BCUT2D eigenvalue weighted by molar-refractivity contribution is 8.25. The van der Waals surface area contributed by atoms with Gasteiger partial charge < -0.3 is 15.8 Å². The molecule has 5 rings (SSSR count). The molecule has 0 unspecified atom stereocenters. The molecule has 204 valence electrons. The van der Waals surface area contributed by atoms with E-state index in [-0.39, 0.29) is 17.3 Å². The summed E-state index contributed by atoms with van der Waals surface area (Å²) in [6, 6.07) is 20.0. The predicted molar refractivity (Wildman–Crippen MR) is 158 cm³/mol. The summed E-state index contributed by atoms with van der Waals surface area (Å²) in [5.41, 5.74) is 9.89. The van der Waals surface area contributed by atoms with Crippen molar-refractivity contribution in [1.82, 2.24) is 15.0 Å². The molecule has 0 radical (unpaired) electrons. The Morgan fingerprint density at radius 2 is 1.90 bits per heavy atom. The van der Waals surface area contributed by atoms with E-state index < -0.39 is 16.8 Å². The van der Waals surface area contributed by atoms with Gasteiger partial charge in [-0.2, -0.15) is 10.2 Å². The Bertz CT molecular complexity index is 1640. The molecule has 2 aromatic heterocycles. The van der Waals surface area contributed by atoms with Crippen LogP contribution in [0.3, 0.4) is 0 Å². The van der Waals surface area contributed by atoms with E-state index in [0.29, 0.717) is 45.4 Å². The molecule has 1 atom stereocenters. The third kappa shape index (κ3) is 4.80. The smallest absolute Gasteiger partial charge is 0.222 e. The Balaban J connectivity index is 1.72. The molecule has 10 nitrogen and oxygen atoms in total. The predicted octanol–water partition coefficient (Wildman–Crippen LogP) is 6.09. The number of para-hydroxylation sites is 1. The van der Waals surface area contributed by atoms with Gasteiger partial charge in [-0.3, -0.25) is 9.11 Å². The number of hydrogen-bond donors (Lipinski definition) is 4. The Labute approximate surface area is 234 Å². The lowest BCUT2D eigenvalue weighted by atomic mass is 10.0. The molecule has 0 bridgehead atoms. The maximum absolute atomic E-state index is 12.1. The Morgan fingerprint density at radius 3 is 2.60 bits per heavy atom. The number of fused-ring (bicyclic) bond motifs is 1. The molecule has 40 heavy (non-hydrogen) atoms. The SMILES string of the molecule is CC[C@H](Nc1nc(N)nc(C)c1C#N)C1=Cc2cccc(-c3ccnc(OC)c3)c2S(O)(O)N1c1ccccc1. The lowest BCUT2D eigenvalue weighted by Crippen LogP contribution is -2.38. The summed E-state index contributed by atoms with van der Waals surface area (Å²) in [5, 5.41) is 13.1. The van der Waals surface area contributed by atoms with Crippen LogP contribution in [0.5, 0.6) is 5.88 Å². The first-order valence-corrected chi connectivity index (χ1v) is 14.1. The molecule has 4 aromatic rings. The van der Waals surface area contributed by atoms with Gasteiger partial charge in [0.1, 0.15) is 17.5 Å². The molecule has 2 aromatic carbocycles. The van der Waals surface area contributed by atoms with Crippen LogP contribution in [-0.2, 0) is 0 Å². The number of anilines is 3. The molecule has 0 fully saturated rings. The fourth-order valence-electron chi connectivity index (χ4n) is 4.83. The molecule has 1 aliphatic rings. The highest BCUT2D eigenvalue weighted by Gasteiger charge is 2.39. The summed E-state index contributed by atoms with van der Waals surface area (Å²) in [4.78, 5) is 13.0. The molecule has 0 saturated heterocycles. The zero-order chi connectivity index (χ0) is 28.4. The second-order valence-corrected chi connectivity index (χ2v) is 10.9. The third-order valence-electron chi connectivity index (χ3n) is 6.65. The topological polar surface area (TPSA) is 153 Å². The minimum Gasteiger partial charge on any atom is -0.481 e. The quantitative estimate of drug-likeness (QED) is 0.211. The normalized spacial score (nSPS) is 15.3. The van der Waals surface area contributed by atoms with Gasteiger partial charge in [-0.25, -0.2) is 14.3 Å². The van der Waals surface area contributed by atoms with E-state index in [1.807, 2.05) is 61.5 Å². The largest absolute Gasteiger partial charge is 0.481 e. The first-order chi connectivity index (χ1) is 19.3. The highest BCUT2D eigenvalue weighted by Crippen LogP contribution is 2.62. The van der Waals surface area contributed by atoms with Gasteiger partial charge in [0.05, 0.1) is 35.1 Å². The minimum atomic E-state index is -3.62. The van der Waals surface area contributed by atoms with Crippen molar-refractivity contribution in [3.8, 4) is 23.1 Å². The molecule has 0 aliphatic carbocycles. The number of benzene rings is 2. The Morgan fingerprint density at radius 1 is 1.12 bits per heavy atom. The van der Waals surface area contributed by atoms with Crippen molar-refractivity contribution in [3.05, 3.63) is 89.4 Å². The van der Waals surface area contributed by atoms with Gasteiger partial charge in [0, 0.05) is 23.4 Å². The fraction of sp³-hybridized carbons (Fsp3) is 0.172. The van der Waals surface area contributed by atoms with Crippen LogP contribution in [0.2, 0.25) is 0 Å². The molecule has 11 heteroatoms. The van der Waals surface area contributed by atoms with Gasteiger partial charge in [0.25, 0.3) is 0 Å². The average Bonchev–Trinajstić information content (AvgIpc) is 2.95. The van der Waals surface area contributed by atoms with E-state index in [9.17, 15) is 14.4 Å². The van der Waals surface area contributed by atoms with Gasteiger partial charge >= 0.3 is 0 Å². The lowest BCUT2D eigenvalue weighted by Gasteiger charge is -2.50. The lowest BCUT2D eigenvalue weighted by molar-refractivity contribution is 0.398.